The van der Waals surface area contributed by atoms with Gasteiger partial charge in [-0.05, 0) is 37.2 Å². The molecule has 0 saturated carbocycles. The second kappa shape index (κ2) is 15.9. The van der Waals surface area contributed by atoms with Crippen molar-refractivity contribution in [2.75, 3.05) is 12.0 Å². The Balaban J connectivity index is 5.55. The van der Waals surface area contributed by atoms with Gasteiger partial charge in [-0.25, -0.2) is 4.79 Å². The number of carbonyl (C=O) groups excluding carboxylic acids is 3. The largest absolute Gasteiger partial charge is 0.481 e. The summed E-state index contributed by atoms with van der Waals surface area (Å²) >= 11 is 1.50. The summed E-state index contributed by atoms with van der Waals surface area (Å²) in [5.41, 5.74) is 5.85. The molecule has 3 amide bonds. The Morgan fingerprint density at radius 2 is 1.32 bits per heavy atom. The molecule has 0 aromatic carbocycles. The number of aliphatic carboxylic acids is 3. The predicted octanol–water partition coefficient (Wildman–Crippen LogP) is -1.01. The normalized spacial score (nSPS) is 14.4. The minimum Gasteiger partial charge on any atom is -0.481 e. The lowest BCUT2D eigenvalue weighted by molar-refractivity contribution is -0.147. The van der Waals surface area contributed by atoms with Gasteiger partial charge in [-0.2, -0.15) is 11.8 Å². The number of hydrogen-bond acceptors (Lipinski definition) is 8. The van der Waals surface area contributed by atoms with Crippen LogP contribution in [0.4, 0.5) is 0 Å². The highest BCUT2D eigenvalue weighted by atomic mass is 32.2. The van der Waals surface area contributed by atoms with Crippen LogP contribution in [0.15, 0.2) is 0 Å². The molecule has 0 spiro atoms. The monoisotopic (exact) mass is 506 g/mol. The van der Waals surface area contributed by atoms with Crippen molar-refractivity contribution in [3.8, 4) is 0 Å². The average Bonchev–Trinajstić information content (AvgIpc) is 2.72. The first-order chi connectivity index (χ1) is 15.8. The third kappa shape index (κ3) is 13.0. The summed E-state index contributed by atoms with van der Waals surface area (Å²) in [5, 5.41) is 33.8. The van der Waals surface area contributed by atoms with Crippen LogP contribution in [0.2, 0.25) is 0 Å². The number of nitrogens with one attached hydrogen (secondary N) is 3. The molecular formula is C20H34N4O9S. The van der Waals surface area contributed by atoms with Gasteiger partial charge < -0.3 is 37.0 Å². The molecule has 13 nitrogen and oxygen atoms in total. The summed E-state index contributed by atoms with van der Waals surface area (Å²) in [6, 6.07) is -5.19. The van der Waals surface area contributed by atoms with Crippen LogP contribution in [0.1, 0.15) is 46.0 Å². The summed E-state index contributed by atoms with van der Waals surface area (Å²) in [6.07, 6.45) is 0.593. The maximum atomic E-state index is 12.9. The molecule has 194 valence electrons. The molecule has 4 atom stereocenters. The van der Waals surface area contributed by atoms with Crippen LogP contribution in [-0.4, -0.2) is 87.1 Å². The van der Waals surface area contributed by atoms with Crippen molar-refractivity contribution < 1.29 is 44.1 Å². The average molecular weight is 507 g/mol. The molecule has 0 rings (SSSR count). The minimum absolute atomic E-state index is 0.0447. The molecular weight excluding hydrogens is 472 g/mol. The fraction of sp³-hybridized carbons (Fsp3) is 0.700. The first kappa shape index (κ1) is 31.1. The van der Waals surface area contributed by atoms with E-state index in [0.29, 0.717) is 12.2 Å². The van der Waals surface area contributed by atoms with E-state index in [4.69, 9.17) is 21.1 Å². The summed E-state index contributed by atoms with van der Waals surface area (Å²) in [7, 11) is 0. The van der Waals surface area contributed by atoms with Crippen molar-refractivity contribution in [3.63, 3.8) is 0 Å². The van der Waals surface area contributed by atoms with E-state index in [0.717, 1.165) is 0 Å². The molecule has 0 aliphatic heterocycles. The maximum absolute atomic E-state index is 12.9. The molecule has 14 heteroatoms. The second-order valence-electron chi connectivity index (χ2n) is 8.07. The van der Waals surface area contributed by atoms with Crippen molar-refractivity contribution >= 4 is 47.4 Å². The van der Waals surface area contributed by atoms with Gasteiger partial charge in [0, 0.05) is 6.42 Å². The van der Waals surface area contributed by atoms with E-state index in [1.54, 1.807) is 13.8 Å². The lowest BCUT2D eigenvalue weighted by Gasteiger charge is -2.25. The van der Waals surface area contributed by atoms with Crippen LogP contribution >= 0.6 is 11.8 Å². The number of carbonyl (C=O) groups is 6. The van der Waals surface area contributed by atoms with E-state index < -0.39 is 72.6 Å². The van der Waals surface area contributed by atoms with Crippen molar-refractivity contribution in [2.24, 2.45) is 11.7 Å². The van der Waals surface area contributed by atoms with Gasteiger partial charge in [0.15, 0.2) is 0 Å². The van der Waals surface area contributed by atoms with Gasteiger partial charge in [0.05, 0.1) is 12.5 Å². The maximum Gasteiger partial charge on any atom is 0.326 e. The van der Waals surface area contributed by atoms with Crippen LogP contribution in [0.25, 0.3) is 0 Å². The molecule has 0 aliphatic carbocycles. The first-order valence-electron chi connectivity index (χ1n) is 10.6. The van der Waals surface area contributed by atoms with Crippen LogP contribution in [0.3, 0.4) is 0 Å². The van der Waals surface area contributed by atoms with Crippen molar-refractivity contribution in [1.29, 1.82) is 0 Å². The fourth-order valence-electron chi connectivity index (χ4n) is 2.81. The number of thioether (sulfide) groups is 1. The Bertz CT molecular complexity index is 748. The lowest BCUT2D eigenvalue weighted by atomic mass is 10.0. The minimum atomic E-state index is -1.78. The highest BCUT2D eigenvalue weighted by molar-refractivity contribution is 7.98. The topological polar surface area (TPSA) is 225 Å². The summed E-state index contributed by atoms with van der Waals surface area (Å²) in [5.74, 6) is -6.16. The van der Waals surface area contributed by atoms with Gasteiger partial charge >= 0.3 is 17.9 Å². The van der Waals surface area contributed by atoms with Crippen LogP contribution in [0.5, 0.6) is 0 Å². The van der Waals surface area contributed by atoms with E-state index in [2.05, 4.69) is 10.6 Å². The van der Waals surface area contributed by atoms with Crippen LogP contribution in [-0.2, 0) is 28.8 Å². The van der Waals surface area contributed by atoms with E-state index in [9.17, 15) is 28.8 Å². The van der Waals surface area contributed by atoms with E-state index >= 15 is 0 Å². The third-order valence-electron chi connectivity index (χ3n) is 4.58. The molecule has 0 bridgehead atoms. The van der Waals surface area contributed by atoms with Gasteiger partial charge in [-0.3, -0.25) is 24.0 Å². The van der Waals surface area contributed by atoms with Crippen LogP contribution in [0, 0.1) is 5.92 Å². The lowest BCUT2D eigenvalue weighted by Crippen LogP contribution is -2.57. The fourth-order valence-corrected chi connectivity index (χ4v) is 3.30. The zero-order valence-electron chi connectivity index (χ0n) is 19.4. The van der Waals surface area contributed by atoms with Gasteiger partial charge in [-0.1, -0.05) is 13.8 Å². The third-order valence-corrected chi connectivity index (χ3v) is 5.23. The molecule has 0 radical (unpaired) electrons. The number of rotatable bonds is 17. The van der Waals surface area contributed by atoms with Crippen molar-refractivity contribution in [3.05, 3.63) is 0 Å². The second-order valence-corrected chi connectivity index (χ2v) is 9.06. The van der Waals surface area contributed by atoms with Crippen molar-refractivity contribution in [2.45, 2.75) is 70.1 Å². The number of carboxylic acids is 3. The van der Waals surface area contributed by atoms with E-state index in [-0.39, 0.29) is 18.8 Å². The van der Waals surface area contributed by atoms with Crippen LogP contribution < -0.4 is 21.7 Å². The quantitative estimate of drug-likeness (QED) is 0.126. The molecule has 0 aromatic rings. The molecule has 0 aliphatic rings. The number of hydrogen-bond donors (Lipinski definition) is 7. The summed E-state index contributed by atoms with van der Waals surface area (Å²) in [4.78, 5) is 71.0. The predicted molar refractivity (Wildman–Crippen MR) is 123 cm³/mol. The van der Waals surface area contributed by atoms with Gasteiger partial charge in [0.2, 0.25) is 17.7 Å². The molecule has 0 fully saturated rings. The highest BCUT2D eigenvalue weighted by Crippen LogP contribution is 2.09. The SMILES string of the molecule is CSCCC(N)C(=O)NC(CC(C)C)C(=O)NC(CCC(=O)O)C(=O)NC(CC(=O)O)C(=O)O. The number of amides is 3. The Kier molecular flexibility index (Phi) is 14.5. The first-order valence-corrected chi connectivity index (χ1v) is 12.0. The number of nitrogens with two attached hydrogens (primary N) is 1. The summed E-state index contributed by atoms with van der Waals surface area (Å²) < 4.78 is 0. The highest BCUT2D eigenvalue weighted by Gasteiger charge is 2.31. The smallest absolute Gasteiger partial charge is 0.326 e. The summed E-state index contributed by atoms with van der Waals surface area (Å²) in [6.45, 7) is 3.61. The van der Waals surface area contributed by atoms with E-state index in [1.807, 2.05) is 11.6 Å². The molecule has 0 aromatic heterocycles. The zero-order chi connectivity index (χ0) is 26.4. The van der Waals surface area contributed by atoms with E-state index in [1.165, 1.54) is 11.8 Å². The molecule has 34 heavy (non-hydrogen) atoms. The number of carboxylic acid groups (broad SMARTS) is 3. The Labute approximate surface area is 201 Å². The Hall–Kier alpha value is -2.87. The molecule has 0 saturated heterocycles. The van der Waals surface area contributed by atoms with Gasteiger partial charge in [0.1, 0.15) is 18.1 Å². The standard InChI is InChI=1S/C20H34N4O9S/c1-10(2)8-13(23-17(29)11(21)6-7-34-3)19(31)22-12(4-5-15(25)26)18(30)24-14(20(32)33)9-16(27)28/h10-14H,4-9,21H2,1-3H3,(H,22,31)(H,23,29)(H,24,30)(H,25,26)(H,27,28)(H,32,33). The van der Waals surface area contributed by atoms with Gasteiger partial charge in [0.25, 0.3) is 0 Å². The molecule has 8 N–H and O–H groups in total. The van der Waals surface area contributed by atoms with Gasteiger partial charge in [-0.15, -0.1) is 0 Å². The zero-order valence-corrected chi connectivity index (χ0v) is 20.2. The van der Waals surface area contributed by atoms with Crippen molar-refractivity contribution in [1.82, 2.24) is 16.0 Å². The Morgan fingerprint density at radius 1 is 0.794 bits per heavy atom. The molecule has 0 heterocycles. The Morgan fingerprint density at radius 3 is 1.79 bits per heavy atom. The molecule has 4 unspecified atom stereocenters.